The van der Waals surface area contributed by atoms with E-state index in [0.29, 0.717) is 15.5 Å². The molecule has 1 aromatic carbocycles. The minimum Gasteiger partial charge on any atom is -0.478 e. The van der Waals surface area contributed by atoms with Crippen LogP contribution in [0.5, 0.6) is 0 Å². The molecule has 0 saturated heterocycles. The summed E-state index contributed by atoms with van der Waals surface area (Å²) in [6.45, 7) is 6.10. The van der Waals surface area contributed by atoms with Crippen LogP contribution in [-0.4, -0.2) is 15.8 Å². The van der Waals surface area contributed by atoms with E-state index < -0.39 is 5.97 Å². The number of thioether (sulfide) groups is 1. The highest BCUT2D eigenvalue weighted by molar-refractivity contribution is 8.00. The van der Waals surface area contributed by atoms with Crippen molar-refractivity contribution in [3.8, 4) is 0 Å². The number of benzene rings is 1. The van der Waals surface area contributed by atoms with Crippen LogP contribution in [-0.2, 0) is 0 Å². The van der Waals surface area contributed by atoms with E-state index in [9.17, 15) is 4.79 Å². The van der Waals surface area contributed by atoms with Crippen molar-refractivity contribution in [3.63, 3.8) is 0 Å². The largest absolute Gasteiger partial charge is 0.478 e. The molecular weight excluding hydrogens is 232 g/mol. The lowest BCUT2D eigenvalue weighted by Gasteiger charge is -2.18. The number of hydrogen-bond donors (Lipinski definition) is 1. The minimum absolute atomic E-state index is 0.0329. The van der Waals surface area contributed by atoms with Crippen molar-refractivity contribution >= 4 is 29.3 Å². The molecule has 0 bridgehead atoms. The molecule has 0 spiro atoms. The highest BCUT2D eigenvalue weighted by Crippen LogP contribution is 2.35. The lowest BCUT2D eigenvalue weighted by Crippen LogP contribution is -2.09. The van der Waals surface area contributed by atoms with Crippen molar-refractivity contribution in [2.45, 2.75) is 30.4 Å². The first-order chi connectivity index (χ1) is 6.79. The molecular formula is C11H13ClO2S. The summed E-state index contributed by atoms with van der Waals surface area (Å²) in [7, 11) is 0. The summed E-state index contributed by atoms with van der Waals surface area (Å²) in [4.78, 5) is 11.7. The van der Waals surface area contributed by atoms with Gasteiger partial charge >= 0.3 is 5.97 Å². The maximum atomic E-state index is 11.0. The molecule has 2 nitrogen and oxygen atoms in total. The number of aromatic carboxylic acids is 1. The smallest absolute Gasteiger partial charge is 0.336 e. The lowest BCUT2D eigenvalue weighted by atomic mass is 10.2. The Kier molecular flexibility index (Phi) is 3.68. The maximum absolute atomic E-state index is 11.0. The zero-order valence-electron chi connectivity index (χ0n) is 8.87. The second-order valence-electron chi connectivity index (χ2n) is 4.16. The van der Waals surface area contributed by atoms with Gasteiger partial charge < -0.3 is 5.11 Å². The number of halogens is 1. The molecule has 1 aromatic rings. The molecule has 0 unspecified atom stereocenters. The molecule has 82 valence electrons. The molecule has 0 amide bonds. The Morgan fingerprint density at radius 3 is 2.47 bits per heavy atom. The fraction of sp³-hybridized carbons (Fsp3) is 0.364. The molecule has 0 atom stereocenters. The van der Waals surface area contributed by atoms with Gasteiger partial charge in [0.25, 0.3) is 0 Å². The van der Waals surface area contributed by atoms with Gasteiger partial charge in [-0.15, -0.1) is 11.8 Å². The summed E-state index contributed by atoms with van der Waals surface area (Å²) in [6, 6.07) is 4.83. The quantitative estimate of drug-likeness (QED) is 0.801. The van der Waals surface area contributed by atoms with Crippen LogP contribution in [0.2, 0.25) is 5.02 Å². The Hall–Kier alpha value is -0.670. The number of carboxylic acid groups (broad SMARTS) is 1. The van der Waals surface area contributed by atoms with Crippen LogP contribution in [0.25, 0.3) is 0 Å². The molecule has 0 aliphatic carbocycles. The van der Waals surface area contributed by atoms with Gasteiger partial charge in [-0.1, -0.05) is 32.4 Å². The van der Waals surface area contributed by atoms with E-state index in [1.807, 2.05) is 20.8 Å². The van der Waals surface area contributed by atoms with Crippen LogP contribution in [0.4, 0.5) is 0 Å². The Labute approximate surface area is 98.6 Å². The van der Waals surface area contributed by atoms with Crippen LogP contribution >= 0.6 is 23.4 Å². The highest BCUT2D eigenvalue weighted by atomic mass is 35.5. The number of hydrogen-bond acceptors (Lipinski definition) is 2. The topological polar surface area (TPSA) is 37.3 Å². The predicted molar refractivity (Wildman–Crippen MR) is 64.0 cm³/mol. The number of carboxylic acids is 1. The van der Waals surface area contributed by atoms with Gasteiger partial charge in [-0.2, -0.15) is 0 Å². The van der Waals surface area contributed by atoms with Crippen molar-refractivity contribution in [3.05, 3.63) is 28.8 Å². The number of rotatable bonds is 2. The predicted octanol–water partition coefficient (Wildman–Crippen LogP) is 3.93. The molecule has 1 rings (SSSR count). The third kappa shape index (κ3) is 3.76. The summed E-state index contributed by atoms with van der Waals surface area (Å²) in [5.41, 5.74) is 0.305. The molecule has 4 heteroatoms. The van der Waals surface area contributed by atoms with E-state index in [2.05, 4.69) is 0 Å². The van der Waals surface area contributed by atoms with Crippen LogP contribution in [0.15, 0.2) is 23.1 Å². The minimum atomic E-state index is -0.918. The third-order valence-corrected chi connectivity index (χ3v) is 3.00. The monoisotopic (exact) mass is 244 g/mol. The van der Waals surface area contributed by atoms with Crippen LogP contribution in [0.3, 0.4) is 0 Å². The zero-order chi connectivity index (χ0) is 11.6. The van der Waals surface area contributed by atoms with E-state index in [1.165, 1.54) is 11.8 Å². The molecule has 0 radical (unpaired) electrons. The molecule has 0 aliphatic rings. The van der Waals surface area contributed by atoms with E-state index in [0.717, 1.165) is 0 Å². The summed E-state index contributed by atoms with van der Waals surface area (Å²) in [5, 5.41) is 9.56. The van der Waals surface area contributed by atoms with Gasteiger partial charge in [-0.3, -0.25) is 0 Å². The molecule has 0 aliphatic heterocycles. The molecule has 0 saturated carbocycles. The van der Waals surface area contributed by atoms with Gasteiger partial charge in [-0.05, 0) is 18.2 Å². The first kappa shape index (κ1) is 12.4. The third-order valence-electron chi connectivity index (χ3n) is 1.59. The zero-order valence-corrected chi connectivity index (χ0v) is 10.4. The van der Waals surface area contributed by atoms with Gasteiger partial charge in [0.1, 0.15) is 0 Å². The van der Waals surface area contributed by atoms with Crippen LogP contribution < -0.4 is 0 Å². The fourth-order valence-corrected chi connectivity index (χ4v) is 2.43. The lowest BCUT2D eigenvalue weighted by molar-refractivity contribution is 0.0693. The van der Waals surface area contributed by atoms with Crippen LogP contribution in [0.1, 0.15) is 31.1 Å². The van der Waals surface area contributed by atoms with E-state index in [4.69, 9.17) is 16.7 Å². The average molecular weight is 245 g/mol. The van der Waals surface area contributed by atoms with Gasteiger partial charge in [0.2, 0.25) is 0 Å². The summed E-state index contributed by atoms with van der Waals surface area (Å²) in [5.74, 6) is -0.918. The standard InChI is InChI=1S/C11H13ClO2S/c1-11(2,3)15-9-6-7(12)4-5-8(9)10(13)14/h4-6H,1-3H3,(H,13,14). The Morgan fingerprint density at radius 2 is 2.00 bits per heavy atom. The summed E-state index contributed by atoms with van der Waals surface area (Å²) >= 11 is 7.35. The first-order valence-corrected chi connectivity index (χ1v) is 5.71. The van der Waals surface area contributed by atoms with Gasteiger partial charge in [0.05, 0.1) is 5.56 Å². The van der Waals surface area contributed by atoms with Crippen molar-refractivity contribution in [2.24, 2.45) is 0 Å². The summed E-state index contributed by atoms with van der Waals surface area (Å²) in [6.07, 6.45) is 0. The van der Waals surface area contributed by atoms with Crippen molar-refractivity contribution < 1.29 is 9.90 Å². The molecule has 0 heterocycles. The normalized spacial score (nSPS) is 11.5. The Morgan fingerprint density at radius 1 is 1.40 bits per heavy atom. The molecule has 0 aromatic heterocycles. The molecule has 1 N–H and O–H groups in total. The molecule has 15 heavy (non-hydrogen) atoms. The second kappa shape index (κ2) is 4.45. The highest BCUT2D eigenvalue weighted by Gasteiger charge is 2.18. The van der Waals surface area contributed by atoms with Crippen LogP contribution in [0, 0.1) is 0 Å². The molecule has 0 fully saturated rings. The first-order valence-electron chi connectivity index (χ1n) is 4.51. The van der Waals surface area contributed by atoms with Crippen molar-refractivity contribution in [1.82, 2.24) is 0 Å². The summed E-state index contributed by atoms with van der Waals surface area (Å²) < 4.78 is -0.0329. The fourth-order valence-electron chi connectivity index (χ4n) is 1.09. The van der Waals surface area contributed by atoms with E-state index in [1.54, 1.807) is 18.2 Å². The number of carbonyl (C=O) groups is 1. The maximum Gasteiger partial charge on any atom is 0.336 e. The van der Waals surface area contributed by atoms with Gasteiger partial charge in [0, 0.05) is 14.7 Å². The van der Waals surface area contributed by atoms with E-state index >= 15 is 0 Å². The SMILES string of the molecule is CC(C)(C)Sc1cc(Cl)ccc1C(=O)O. The van der Waals surface area contributed by atoms with Gasteiger partial charge in [0.15, 0.2) is 0 Å². The van der Waals surface area contributed by atoms with E-state index in [-0.39, 0.29) is 4.75 Å². The second-order valence-corrected chi connectivity index (χ2v) is 6.47. The van der Waals surface area contributed by atoms with Gasteiger partial charge in [-0.25, -0.2) is 4.79 Å². The van der Waals surface area contributed by atoms with Crippen molar-refractivity contribution in [2.75, 3.05) is 0 Å². The Bertz CT molecular complexity index is 383. The Balaban J connectivity index is 3.13. The average Bonchev–Trinajstić information content (AvgIpc) is 1.99. The van der Waals surface area contributed by atoms with Crippen molar-refractivity contribution in [1.29, 1.82) is 0 Å².